The van der Waals surface area contributed by atoms with Gasteiger partial charge in [0.15, 0.2) is 5.82 Å². The van der Waals surface area contributed by atoms with Crippen LogP contribution in [-0.4, -0.2) is 19.1 Å². The SMILES string of the molecule is c1ccc2c(-c3ccc(-c4nc5ccccc5nc4-n4c5cccc(-n6c7ccccc7c7ccccc76)c5c5c6ccccc6ccc54)cc3)cccc2c1. The lowest BCUT2D eigenvalue weighted by molar-refractivity contribution is 1.08. The zero-order valence-electron chi connectivity index (χ0n) is 30.3. The van der Waals surface area contributed by atoms with Gasteiger partial charge in [0.1, 0.15) is 5.69 Å². The number of para-hydroxylation sites is 4. The molecular weight excluding hydrogens is 681 g/mol. The van der Waals surface area contributed by atoms with Crippen molar-refractivity contribution in [2.45, 2.75) is 0 Å². The van der Waals surface area contributed by atoms with Crippen LogP contribution in [0.15, 0.2) is 194 Å². The van der Waals surface area contributed by atoms with Crippen LogP contribution in [0.4, 0.5) is 0 Å². The van der Waals surface area contributed by atoms with Gasteiger partial charge >= 0.3 is 0 Å². The quantitative estimate of drug-likeness (QED) is 0.182. The molecule has 0 N–H and O–H groups in total. The van der Waals surface area contributed by atoms with E-state index in [4.69, 9.17) is 9.97 Å². The predicted molar refractivity (Wildman–Crippen MR) is 234 cm³/mol. The molecule has 0 atom stereocenters. The highest BCUT2D eigenvalue weighted by Gasteiger charge is 2.24. The molecule has 9 aromatic carbocycles. The standard InChI is InChI=1S/C52H32N4/c1-3-16-37-33(13-1)15-11-20-38(37)35-27-29-36(30-28-35)51-52(54-43-22-8-7-21-42(43)53-51)56-47-26-12-25-46(50(47)49-39-17-4-2-14-34(39)31-32-48(49)56)55-44-23-9-5-18-40(44)41-19-6-10-24-45(41)55/h1-32H. The fourth-order valence-electron chi connectivity index (χ4n) is 9.03. The maximum absolute atomic E-state index is 5.48. The van der Waals surface area contributed by atoms with E-state index < -0.39 is 0 Å². The monoisotopic (exact) mass is 712 g/mol. The lowest BCUT2D eigenvalue weighted by Gasteiger charge is -2.15. The second-order valence-corrected chi connectivity index (χ2v) is 14.5. The van der Waals surface area contributed by atoms with Crippen molar-refractivity contribution >= 4 is 76.2 Å². The average Bonchev–Trinajstić information content (AvgIpc) is 3.79. The lowest BCUT2D eigenvalue weighted by atomic mass is 9.97. The molecular formula is C52H32N4. The molecule has 0 saturated heterocycles. The highest BCUT2D eigenvalue weighted by atomic mass is 15.1. The Balaban J connectivity index is 1.17. The van der Waals surface area contributed by atoms with Gasteiger partial charge in [-0.1, -0.05) is 152 Å². The molecule has 0 aliphatic rings. The third kappa shape index (κ3) is 4.47. The van der Waals surface area contributed by atoms with Gasteiger partial charge < -0.3 is 4.57 Å². The van der Waals surface area contributed by atoms with E-state index in [0.29, 0.717) is 0 Å². The van der Waals surface area contributed by atoms with Crippen LogP contribution in [0.25, 0.3) is 110 Å². The third-order valence-electron chi connectivity index (χ3n) is 11.5. The van der Waals surface area contributed by atoms with Crippen molar-refractivity contribution in [1.29, 1.82) is 0 Å². The van der Waals surface area contributed by atoms with Gasteiger partial charge in [0.2, 0.25) is 0 Å². The fourth-order valence-corrected chi connectivity index (χ4v) is 9.03. The topological polar surface area (TPSA) is 35.6 Å². The highest BCUT2D eigenvalue weighted by Crippen LogP contribution is 2.43. The summed E-state index contributed by atoms with van der Waals surface area (Å²) in [5, 5.41) is 9.73. The molecule has 4 nitrogen and oxygen atoms in total. The van der Waals surface area contributed by atoms with E-state index in [0.717, 1.165) is 44.8 Å². The largest absolute Gasteiger partial charge is 0.309 e. The van der Waals surface area contributed by atoms with Crippen LogP contribution in [0, 0.1) is 0 Å². The zero-order valence-corrected chi connectivity index (χ0v) is 30.3. The van der Waals surface area contributed by atoms with Gasteiger partial charge in [-0.2, -0.15) is 0 Å². The first-order valence-electron chi connectivity index (χ1n) is 19.1. The molecule has 0 aliphatic heterocycles. The summed E-state index contributed by atoms with van der Waals surface area (Å²) in [6, 6.07) is 69.5. The molecule has 0 saturated carbocycles. The normalized spacial score (nSPS) is 11.9. The van der Waals surface area contributed by atoms with Crippen LogP contribution >= 0.6 is 0 Å². The average molecular weight is 713 g/mol. The van der Waals surface area contributed by atoms with Gasteiger partial charge in [-0.05, 0) is 75.1 Å². The van der Waals surface area contributed by atoms with E-state index in [1.165, 1.54) is 65.3 Å². The predicted octanol–water partition coefficient (Wildman–Crippen LogP) is 13.5. The number of rotatable bonds is 4. The Morgan fingerprint density at radius 2 is 0.857 bits per heavy atom. The van der Waals surface area contributed by atoms with E-state index >= 15 is 0 Å². The summed E-state index contributed by atoms with van der Waals surface area (Å²) in [6.45, 7) is 0. The number of nitrogens with zero attached hydrogens (tertiary/aromatic N) is 4. The molecule has 12 aromatic rings. The number of fused-ring (bicyclic) bond motifs is 10. The van der Waals surface area contributed by atoms with Crippen molar-refractivity contribution in [2.24, 2.45) is 0 Å². The smallest absolute Gasteiger partial charge is 0.165 e. The first kappa shape index (κ1) is 30.9. The Morgan fingerprint density at radius 3 is 1.61 bits per heavy atom. The number of benzene rings is 9. The summed E-state index contributed by atoms with van der Waals surface area (Å²) in [4.78, 5) is 10.9. The van der Waals surface area contributed by atoms with Gasteiger partial charge in [-0.3, -0.25) is 4.57 Å². The maximum atomic E-state index is 5.48. The van der Waals surface area contributed by atoms with E-state index in [2.05, 4.69) is 191 Å². The van der Waals surface area contributed by atoms with Crippen molar-refractivity contribution in [1.82, 2.24) is 19.1 Å². The Bertz CT molecular complexity index is 3480. The van der Waals surface area contributed by atoms with Gasteiger partial charge in [-0.25, -0.2) is 9.97 Å². The van der Waals surface area contributed by atoms with Gasteiger partial charge in [0.05, 0.1) is 38.8 Å². The maximum Gasteiger partial charge on any atom is 0.165 e. The van der Waals surface area contributed by atoms with Crippen LogP contribution in [0.1, 0.15) is 0 Å². The van der Waals surface area contributed by atoms with Crippen molar-refractivity contribution in [2.75, 3.05) is 0 Å². The molecule has 0 amide bonds. The minimum Gasteiger partial charge on any atom is -0.309 e. The number of hydrogen-bond donors (Lipinski definition) is 0. The molecule has 0 aliphatic carbocycles. The zero-order chi connectivity index (χ0) is 36.7. The number of aromatic nitrogens is 4. The summed E-state index contributed by atoms with van der Waals surface area (Å²) in [6.07, 6.45) is 0. The van der Waals surface area contributed by atoms with Crippen molar-refractivity contribution in [3.05, 3.63) is 194 Å². The molecule has 0 bridgehead atoms. The van der Waals surface area contributed by atoms with Crippen LogP contribution in [0.3, 0.4) is 0 Å². The first-order chi connectivity index (χ1) is 27.8. The molecule has 56 heavy (non-hydrogen) atoms. The molecule has 3 heterocycles. The van der Waals surface area contributed by atoms with Crippen LogP contribution in [0.2, 0.25) is 0 Å². The van der Waals surface area contributed by atoms with Crippen molar-refractivity contribution in [3.8, 4) is 33.9 Å². The van der Waals surface area contributed by atoms with Crippen LogP contribution < -0.4 is 0 Å². The molecule has 0 fully saturated rings. The van der Waals surface area contributed by atoms with E-state index in [1.54, 1.807) is 0 Å². The fraction of sp³-hybridized carbons (Fsp3) is 0. The molecule has 3 aromatic heterocycles. The molecule has 0 spiro atoms. The summed E-state index contributed by atoms with van der Waals surface area (Å²) >= 11 is 0. The minimum atomic E-state index is 0.802. The molecule has 4 heteroatoms. The molecule has 260 valence electrons. The molecule has 12 rings (SSSR count). The summed E-state index contributed by atoms with van der Waals surface area (Å²) in [7, 11) is 0. The lowest BCUT2D eigenvalue weighted by Crippen LogP contribution is -2.04. The van der Waals surface area contributed by atoms with E-state index in [-0.39, 0.29) is 0 Å². The second-order valence-electron chi connectivity index (χ2n) is 14.5. The second kappa shape index (κ2) is 12.0. The van der Waals surface area contributed by atoms with Crippen LogP contribution in [-0.2, 0) is 0 Å². The minimum absolute atomic E-state index is 0.802. The Labute approximate surface area is 322 Å². The third-order valence-corrected chi connectivity index (χ3v) is 11.5. The Morgan fingerprint density at radius 1 is 0.321 bits per heavy atom. The van der Waals surface area contributed by atoms with Crippen molar-refractivity contribution < 1.29 is 0 Å². The molecule has 0 radical (unpaired) electrons. The summed E-state index contributed by atoms with van der Waals surface area (Å²) in [5.41, 5.74) is 11.6. The van der Waals surface area contributed by atoms with E-state index in [1.807, 2.05) is 12.1 Å². The summed E-state index contributed by atoms with van der Waals surface area (Å²) in [5.74, 6) is 0.802. The summed E-state index contributed by atoms with van der Waals surface area (Å²) < 4.78 is 4.79. The Kier molecular flexibility index (Phi) is 6.60. The highest BCUT2D eigenvalue weighted by molar-refractivity contribution is 6.24. The van der Waals surface area contributed by atoms with Crippen LogP contribution in [0.5, 0.6) is 0 Å². The van der Waals surface area contributed by atoms with Gasteiger partial charge in [0, 0.05) is 27.1 Å². The molecule has 0 unspecified atom stereocenters. The van der Waals surface area contributed by atoms with E-state index in [9.17, 15) is 0 Å². The number of hydrogen-bond acceptors (Lipinski definition) is 2. The Hall–Kier alpha value is -7.56. The van der Waals surface area contributed by atoms with Crippen molar-refractivity contribution in [3.63, 3.8) is 0 Å². The van der Waals surface area contributed by atoms with Gasteiger partial charge in [0.25, 0.3) is 0 Å². The van der Waals surface area contributed by atoms with Gasteiger partial charge in [-0.15, -0.1) is 0 Å². The first-order valence-corrected chi connectivity index (χ1v) is 19.1.